The second-order valence-electron chi connectivity index (χ2n) is 6.25. The SMILES string of the molecule is COc1ccc2nc(N(CC[NH+](C)C)C(=O)c3ccc(F)cc3)sc2c1. The fourth-order valence-electron chi connectivity index (χ4n) is 2.50. The summed E-state index contributed by atoms with van der Waals surface area (Å²) in [4.78, 5) is 20.5. The van der Waals surface area contributed by atoms with Crippen molar-refractivity contribution in [2.24, 2.45) is 0 Å². The van der Waals surface area contributed by atoms with Gasteiger partial charge >= 0.3 is 0 Å². The first-order valence-electron chi connectivity index (χ1n) is 8.29. The first kappa shape index (κ1) is 18.3. The minimum Gasteiger partial charge on any atom is -0.497 e. The van der Waals surface area contributed by atoms with E-state index >= 15 is 0 Å². The average molecular weight is 374 g/mol. The van der Waals surface area contributed by atoms with Crippen LogP contribution in [0.3, 0.4) is 0 Å². The molecule has 5 nitrogen and oxygen atoms in total. The molecular formula is C19H21FN3O2S+. The Morgan fingerprint density at radius 2 is 1.96 bits per heavy atom. The number of carbonyl (C=O) groups is 1. The molecule has 1 aromatic heterocycles. The molecule has 1 N–H and O–H groups in total. The summed E-state index contributed by atoms with van der Waals surface area (Å²) in [7, 11) is 5.68. The van der Waals surface area contributed by atoms with Crippen molar-refractivity contribution >= 4 is 32.6 Å². The van der Waals surface area contributed by atoms with Crippen LogP contribution < -0.4 is 14.5 Å². The molecule has 1 amide bonds. The third-order valence-electron chi connectivity index (χ3n) is 3.99. The zero-order valence-electron chi connectivity index (χ0n) is 15.0. The van der Waals surface area contributed by atoms with Gasteiger partial charge in [-0.05, 0) is 42.5 Å². The number of fused-ring (bicyclic) bond motifs is 1. The maximum atomic E-state index is 13.2. The van der Waals surface area contributed by atoms with Gasteiger partial charge in [0.15, 0.2) is 5.13 Å². The van der Waals surface area contributed by atoms with Gasteiger partial charge in [-0.1, -0.05) is 11.3 Å². The van der Waals surface area contributed by atoms with E-state index in [-0.39, 0.29) is 11.7 Å². The van der Waals surface area contributed by atoms with Crippen molar-refractivity contribution in [1.82, 2.24) is 4.98 Å². The number of ether oxygens (including phenoxy) is 1. The first-order valence-corrected chi connectivity index (χ1v) is 9.10. The highest BCUT2D eigenvalue weighted by atomic mass is 32.1. The summed E-state index contributed by atoms with van der Waals surface area (Å²) in [5.74, 6) is 0.206. The second kappa shape index (κ2) is 7.80. The molecule has 7 heteroatoms. The van der Waals surface area contributed by atoms with Gasteiger partial charge in [0.05, 0.1) is 44.5 Å². The zero-order chi connectivity index (χ0) is 18.7. The summed E-state index contributed by atoms with van der Waals surface area (Å²) >= 11 is 1.44. The predicted octanol–water partition coefficient (Wildman–Crippen LogP) is 2.24. The molecule has 26 heavy (non-hydrogen) atoms. The number of methoxy groups -OCH3 is 1. The second-order valence-corrected chi connectivity index (χ2v) is 7.26. The fourth-order valence-corrected chi connectivity index (χ4v) is 3.52. The Hall–Kier alpha value is -2.51. The Morgan fingerprint density at radius 1 is 1.23 bits per heavy atom. The molecule has 0 atom stereocenters. The molecule has 0 aliphatic rings. The Labute approximate surface area is 155 Å². The molecule has 0 saturated carbocycles. The van der Waals surface area contributed by atoms with Crippen LogP contribution in [0.4, 0.5) is 9.52 Å². The van der Waals surface area contributed by atoms with Crippen molar-refractivity contribution in [2.75, 3.05) is 39.2 Å². The number of likely N-dealkylation sites (N-methyl/N-ethyl adjacent to an activating group) is 1. The highest BCUT2D eigenvalue weighted by Crippen LogP contribution is 2.32. The minimum atomic E-state index is -0.363. The summed E-state index contributed by atoms with van der Waals surface area (Å²) < 4.78 is 19.4. The summed E-state index contributed by atoms with van der Waals surface area (Å²) in [5, 5.41) is 0.629. The van der Waals surface area contributed by atoms with Crippen LogP contribution in [0.25, 0.3) is 10.2 Å². The molecule has 0 aliphatic carbocycles. The largest absolute Gasteiger partial charge is 0.497 e. The molecule has 0 bridgehead atoms. The van der Waals surface area contributed by atoms with Crippen molar-refractivity contribution in [3.8, 4) is 5.75 Å². The number of hydrogen-bond donors (Lipinski definition) is 1. The lowest BCUT2D eigenvalue weighted by atomic mass is 10.2. The van der Waals surface area contributed by atoms with Crippen LogP contribution >= 0.6 is 11.3 Å². The van der Waals surface area contributed by atoms with Gasteiger partial charge < -0.3 is 9.64 Å². The average Bonchev–Trinajstić information content (AvgIpc) is 3.04. The van der Waals surface area contributed by atoms with Gasteiger partial charge in [0.25, 0.3) is 5.91 Å². The molecule has 3 aromatic rings. The number of benzene rings is 2. The van der Waals surface area contributed by atoms with E-state index in [1.54, 1.807) is 12.0 Å². The fraction of sp³-hybridized carbons (Fsp3) is 0.263. The lowest BCUT2D eigenvalue weighted by Gasteiger charge is -2.20. The van der Waals surface area contributed by atoms with E-state index < -0.39 is 0 Å². The summed E-state index contributed by atoms with van der Waals surface area (Å²) in [5.41, 5.74) is 1.26. The highest BCUT2D eigenvalue weighted by Gasteiger charge is 2.22. The van der Waals surface area contributed by atoms with Crippen molar-refractivity contribution in [3.63, 3.8) is 0 Å². The van der Waals surface area contributed by atoms with Crippen LogP contribution in [0.1, 0.15) is 10.4 Å². The van der Waals surface area contributed by atoms with E-state index in [0.29, 0.717) is 17.2 Å². The van der Waals surface area contributed by atoms with Crippen LogP contribution in [-0.4, -0.2) is 45.2 Å². The number of anilines is 1. The van der Waals surface area contributed by atoms with E-state index in [9.17, 15) is 9.18 Å². The Morgan fingerprint density at radius 3 is 2.62 bits per heavy atom. The monoisotopic (exact) mass is 374 g/mol. The van der Waals surface area contributed by atoms with Crippen molar-refractivity contribution in [3.05, 3.63) is 53.8 Å². The number of nitrogens with one attached hydrogen (secondary N) is 1. The third kappa shape index (κ3) is 4.00. The zero-order valence-corrected chi connectivity index (χ0v) is 15.8. The van der Waals surface area contributed by atoms with E-state index in [1.165, 1.54) is 40.5 Å². The molecule has 0 fully saturated rings. The van der Waals surface area contributed by atoms with E-state index in [1.807, 2.05) is 32.3 Å². The number of nitrogens with zero attached hydrogens (tertiary/aromatic N) is 2. The molecule has 136 valence electrons. The Kier molecular flexibility index (Phi) is 5.49. The molecule has 1 heterocycles. The van der Waals surface area contributed by atoms with Crippen molar-refractivity contribution in [2.45, 2.75) is 0 Å². The number of quaternary nitrogens is 1. The number of thiazole rings is 1. The smallest absolute Gasteiger partial charge is 0.260 e. The van der Waals surface area contributed by atoms with E-state index in [2.05, 4.69) is 4.98 Å². The molecule has 0 spiro atoms. The van der Waals surface area contributed by atoms with Gasteiger partial charge in [-0.3, -0.25) is 9.69 Å². The molecule has 0 saturated heterocycles. The molecule has 2 aromatic carbocycles. The summed E-state index contributed by atoms with van der Waals surface area (Å²) in [6, 6.07) is 11.2. The highest BCUT2D eigenvalue weighted by molar-refractivity contribution is 7.22. The lowest BCUT2D eigenvalue weighted by molar-refractivity contribution is -0.856. The van der Waals surface area contributed by atoms with Crippen LogP contribution in [0, 0.1) is 5.82 Å². The molecule has 0 unspecified atom stereocenters. The molecule has 0 aliphatic heterocycles. The predicted molar refractivity (Wildman–Crippen MR) is 102 cm³/mol. The number of rotatable bonds is 6. The number of hydrogen-bond acceptors (Lipinski definition) is 4. The topological polar surface area (TPSA) is 46.9 Å². The molecular weight excluding hydrogens is 353 g/mol. The molecule has 0 radical (unpaired) electrons. The Balaban J connectivity index is 1.97. The van der Waals surface area contributed by atoms with Crippen molar-refractivity contribution in [1.29, 1.82) is 0 Å². The van der Waals surface area contributed by atoms with E-state index in [0.717, 1.165) is 22.5 Å². The quantitative estimate of drug-likeness (QED) is 0.720. The number of aromatic nitrogens is 1. The molecule has 3 rings (SSSR count). The maximum absolute atomic E-state index is 13.2. The summed E-state index contributed by atoms with van der Waals surface area (Å²) in [6.07, 6.45) is 0. The first-order chi connectivity index (χ1) is 12.5. The van der Waals surface area contributed by atoms with Gasteiger partial charge in [0.2, 0.25) is 0 Å². The van der Waals surface area contributed by atoms with Gasteiger partial charge in [-0.2, -0.15) is 0 Å². The lowest BCUT2D eigenvalue weighted by Crippen LogP contribution is -3.06. The van der Waals surface area contributed by atoms with Gasteiger partial charge in [-0.15, -0.1) is 0 Å². The van der Waals surface area contributed by atoms with Crippen molar-refractivity contribution < 1.29 is 18.8 Å². The number of amides is 1. The minimum absolute atomic E-state index is 0.183. The van der Waals surface area contributed by atoms with Gasteiger partial charge in [0.1, 0.15) is 11.6 Å². The van der Waals surface area contributed by atoms with Crippen LogP contribution in [0.5, 0.6) is 5.75 Å². The van der Waals surface area contributed by atoms with Crippen LogP contribution in [0.15, 0.2) is 42.5 Å². The van der Waals surface area contributed by atoms with Gasteiger partial charge in [-0.25, -0.2) is 9.37 Å². The third-order valence-corrected chi connectivity index (χ3v) is 5.03. The Bertz CT molecular complexity index is 909. The number of halogens is 1. The number of carbonyl (C=O) groups excluding carboxylic acids is 1. The van der Waals surface area contributed by atoms with Crippen LogP contribution in [0.2, 0.25) is 0 Å². The maximum Gasteiger partial charge on any atom is 0.260 e. The van der Waals surface area contributed by atoms with Crippen LogP contribution in [-0.2, 0) is 0 Å². The summed E-state index contributed by atoms with van der Waals surface area (Å²) in [6.45, 7) is 1.29. The standard InChI is InChI=1S/C19H20FN3O2S/c1-22(2)10-11-23(18(24)13-4-6-14(20)7-5-13)19-21-16-9-8-15(25-3)12-17(16)26-19/h4-9,12H,10-11H2,1-3H3/p+1. The normalized spacial score (nSPS) is 11.1. The van der Waals surface area contributed by atoms with E-state index in [4.69, 9.17) is 4.74 Å². The van der Waals surface area contributed by atoms with Gasteiger partial charge in [0, 0.05) is 5.56 Å².